The molecule has 2 aromatic heterocycles. The van der Waals surface area contributed by atoms with Gasteiger partial charge < -0.3 is 4.57 Å². The Bertz CT molecular complexity index is 1280. The number of anilines is 1. The molecule has 0 saturated heterocycles. The first-order valence-electron chi connectivity index (χ1n) is 10.2. The fourth-order valence-electron chi connectivity index (χ4n) is 3.21. The Kier molecular flexibility index (Phi) is 6.95. The predicted octanol–water partition coefficient (Wildman–Crippen LogP) is 5.20. The number of carbonyl (C=O) groups is 1. The van der Waals surface area contributed by atoms with Crippen LogP contribution in [0.1, 0.15) is 12.5 Å². The summed E-state index contributed by atoms with van der Waals surface area (Å²) in [7, 11) is 0. The van der Waals surface area contributed by atoms with Crippen LogP contribution < -0.4 is 4.90 Å². The van der Waals surface area contributed by atoms with E-state index in [-0.39, 0.29) is 17.5 Å². The second kappa shape index (κ2) is 10.1. The lowest BCUT2D eigenvalue weighted by Crippen LogP contribution is -2.26. The zero-order valence-electron chi connectivity index (χ0n) is 18.1. The fourth-order valence-corrected chi connectivity index (χ4v) is 4.93. The summed E-state index contributed by atoms with van der Waals surface area (Å²) in [4.78, 5) is 14.3. The van der Waals surface area contributed by atoms with Crippen LogP contribution in [-0.2, 0) is 11.3 Å². The predicted molar refractivity (Wildman–Crippen MR) is 130 cm³/mol. The van der Waals surface area contributed by atoms with Gasteiger partial charge in [-0.2, -0.15) is 0 Å². The highest BCUT2D eigenvalue weighted by Gasteiger charge is 2.21. The molecule has 7 nitrogen and oxygen atoms in total. The van der Waals surface area contributed by atoms with Crippen molar-refractivity contribution in [3.05, 3.63) is 72.7 Å². The van der Waals surface area contributed by atoms with E-state index >= 15 is 0 Å². The molecule has 2 aromatic carbocycles. The maximum atomic E-state index is 13.2. The maximum Gasteiger partial charge on any atom is 0.243 e. The van der Waals surface area contributed by atoms with Crippen molar-refractivity contribution in [3.8, 4) is 22.0 Å². The molecule has 168 valence electrons. The number of halogens is 1. The lowest BCUT2D eigenvalue weighted by molar-refractivity contribution is -0.115. The number of nitrogens with zero attached hydrogens (tertiary/aromatic N) is 6. The molecule has 0 atom stereocenters. The highest BCUT2D eigenvalue weighted by atomic mass is 32.2. The third kappa shape index (κ3) is 4.86. The molecule has 2 heterocycles. The molecule has 0 aliphatic rings. The van der Waals surface area contributed by atoms with Crippen molar-refractivity contribution in [2.75, 3.05) is 10.7 Å². The van der Waals surface area contributed by atoms with Gasteiger partial charge in [-0.15, -0.1) is 20.4 Å². The molecule has 33 heavy (non-hydrogen) atoms. The van der Waals surface area contributed by atoms with E-state index in [4.69, 9.17) is 0 Å². The number of thioether (sulfide) groups is 1. The SMILES string of the molecule is C=CN(C(=O)CSc1nnc(-c2ccccc2C)n1CC)c1nnc(-c2ccc(F)cc2)s1. The van der Waals surface area contributed by atoms with E-state index in [0.29, 0.717) is 21.8 Å². The van der Waals surface area contributed by atoms with Crippen LogP contribution in [0.25, 0.3) is 22.0 Å². The standard InChI is InChI=1S/C23H21FN6OS2/c1-4-29(23-28-26-21(33-23)16-10-12-17(24)13-11-16)19(31)14-32-22-27-25-20(30(22)5-2)18-9-7-6-8-15(18)3/h4,6-13H,1,5,14H2,2-3H3. The molecule has 0 aliphatic carbocycles. The molecular formula is C23H21FN6OS2. The van der Waals surface area contributed by atoms with Crippen molar-refractivity contribution < 1.29 is 9.18 Å². The zero-order valence-corrected chi connectivity index (χ0v) is 19.7. The zero-order chi connectivity index (χ0) is 23.4. The Morgan fingerprint density at radius 1 is 1.15 bits per heavy atom. The highest BCUT2D eigenvalue weighted by Crippen LogP contribution is 2.30. The van der Waals surface area contributed by atoms with Crippen LogP contribution in [0.4, 0.5) is 9.52 Å². The van der Waals surface area contributed by atoms with Crippen molar-refractivity contribution in [2.24, 2.45) is 0 Å². The van der Waals surface area contributed by atoms with Crippen LogP contribution in [0, 0.1) is 12.7 Å². The van der Waals surface area contributed by atoms with Gasteiger partial charge in [0.2, 0.25) is 11.0 Å². The van der Waals surface area contributed by atoms with Gasteiger partial charge in [-0.3, -0.25) is 9.69 Å². The number of carbonyl (C=O) groups excluding carboxylic acids is 1. The van der Waals surface area contributed by atoms with Gasteiger partial charge >= 0.3 is 0 Å². The van der Waals surface area contributed by atoms with E-state index in [1.54, 1.807) is 12.1 Å². The van der Waals surface area contributed by atoms with Crippen LogP contribution in [0.2, 0.25) is 0 Å². The van der Waals surface area contributed by atoms with Gasteiger partial charge in [-0.1, -0.05) is 53.9 Å². The molecule has 10 heteroatoms. The van der Waals surface area contributed by atoms with E-state index < -0.39 is 0 Å². The first-order chi connectivity index (χ1) is 16.0. The second-order valence-electron chi connectivity index (χ2n) is 7.00. The van der Waals surface area contributed by atoms with Crippen LogP contribution in [0.3, 0.4) is 0 Å². The molecule has 0 spiro atoms. The summed E-state index contributed by atoms with van der Waals surface area (Å²) in [6.45, 7) is 8.47. The number of aromatic nitrogens is 5. The van der Waals surface area contributed by atoms with E-state index in [0.717, 1.165) is 22.5 Å². The molecule has 4 rings (SSSR count). The fraction of sp³-hybridized carbons (Fsp3) is 0.174. The van der Waals surface area contributed by atoms with Crippen molar-refractivity contribution in [3.63, 3.8) is 0 Å². The first kappa shape index (κ1) is 22.8. The molecule has 0 aliphatic heterocycles. The van der Waals surface area contributed by atoms with Gasteiger partial charge in [0.1, 0.15) is 10.8 Å². The van der Waals surface area contributed by atoms with Crippen LogP contribution >= 0.6 is 23.1 Å². The summed E-state index contributed by atoms with van der Waals surface area (Å²) in [5.74, 6) is 0.372. The first-order valence-corrected chi connectivity index (χ1v) is 12.0. The number of amides is 1. The molecule has 4 aromatic rings. The summed E-state index contributed by atoms with van der Waals surface area (Å²) in [5.41, 5.74) is 2.85. The molecule has 1 amide bonds. The van der Waals surface area contributed by atoms with Gasteiger partial charge in [0.15, 0.2) is 11.0 Å². The van der Waals surface area contributed by atoms with E-state index in [2.05, 4.69) is 27.0 Å². The van der Waals surface area contributed by atoms with E-state index in [1.807, 2.05) is 42.7 Å². The lowest BCUT2D eigenvalue weighted by Gasteiger charge is -2.14. The van der Waals surface area contributed by atoms with Gasteiger partial charge in [-0.05, 0) is 43.7 Å². The van der Waals surface area contributed by atoms with E-state index in [9.17, 15) is 9.18 Å². The average molecular weight is 481 g/mol. The highest BCUT2D eigenvalue weighted by molar-refractivity contribution is 7.99. The largest absolute Gasteiger partial charge is 0.302 e. The van der Waals surface area contributed by atoms with Gasteiger partial charge in [0.05, 0.1) is 5.75 Å². The number of hydrogen-bond donors (Lipinski definition) is 0. The third-order valence-corrected chi connectivity index (χ3v) is 6.83. The Morgan fingerprint density at radius 2 is 1.91 bits per heavy atom. The maximum absolute atomic E-state index is 13.2. The topological polar surface area (TPSA) is 76.8 Å². The molecule has 0 bridgehead atoms. The number of benzene rings is 2. The average Bonchev–Trinajstić information content (AvgIpc) is 3.46. The van der Waals surface area contributed by atoms with Crippen molar-refractivity contribution in [1.29, 1.82) is 0 Å². The quantitative estimate of drug-likeness (QED) is 0.323. The number of aryl methyl sites for hydroxylation is 1. The third-order valence-electron chi connectivity index (χ3n) is 4.91. The van der Waals surface area contributed by atoms with Crippen LogP contribution in [-0.4, -0.2) is 36.6 Å². The molecule has 0 fully saturated rings. The minimum atomic E-state index is -0.325. The molecule has 0 radical (unpaired) electrons. The van der Waals surface area contributed by atoms with Gasteiger partial charge in [0.25, 0.3) is 0 Å². The summed E-state index contributed by atoms with van der Waals surface area (Å²) >= 11 is 2.54. The van der Waals surface area contributed by atoms with E-state index in [1.165, 1.54) is 46.3 Å². The van der Waals surface area contributed by atoms with Gasteiger partial charge in [0, 0.05) is 23.9 Å². The summed E-state index contributed by atoms with van der Waals surface area (Å²) < 4.78 is 15.2. The Labute approximate surface area is 199 Å². The Balaban J connectivity index is 1.49. The second-order valence-corrected chi connectivity index (χ2v) is 8.90. The smallest absolute Gasteiger partial charge is 0.243 e. The van der Waals surface area contributed by atoms with Crippen LogP contribution in [0.5, 0.6) is 0 Å². The molecule has 0 saturated carbocycles. The summed E-state index contributed by atoms with van der Waals surface area (Å²) in [6.07, 6.45) is 1.42. The molecular weight excluding hydrogens is 459 g/mol. The van der Waals surface area contributed by atoms with Crippen molar-refractivity contribution in [2.45, 2.75) is 25.5 Å². The monoisotopic (exact) mass is 480 g/mol. The van der Waals surface area contributed by atoms with Crippen molar-refractivity contribution >= 4 is 34.1 Å². The minimum absolute atomic E-state index is 0.128. The normalized spacial score (nSPS) is 10.9. The number of hydrogen-bond acceptors (Lipinski definition) is 7. The number of rotatable bonds is 8. The molecule has 0 unspecified atom stereocenters. The Hall–Kier alpha value is -3.37. The van der Waals surface area contributed by atoms with Crippen molar-refractivity contribution in [1.82, 2.24) is 25.0 Å². The summed E-state index contributed by atoms with van der Waals surface area (Å²) in [5, 5.41) is 18.6. The summed E-state index contributed by atoms with van der Waals surface area (Å²) in [6, 6.07) is 14.0. The van der Waals surface area contributed by atoms with Gasteiger partial charge in [-0.25, -0.2) is 4.39 Å². The minimum Gasteiger partial charge on any atom is -0.302 e. The molecule has 0 N–H and O–H groups in total. The Morgan fingerprint density at radius 3 is 2.61 bits per heavy atom. The van der Waals surface area contributed by atoms with Crippen LogP contribution in [0.15, 0.2) is 66.5 Å². The lowest BCUT2D eigenvalue weighted by atomic mass is 10.1.